The zero-order valence-electron chi connectivity index (χ0n) is 17.0. The Bertz CT molecular complexity index is 1170. The number of hydrogen-bond donors (Lipinski definition) is 2. The number of hydrogen-bond acceptors (Lipinski definition) is 4. The van der Waals surface area contributed by atoms with Crippen molar-refractivity contribution in [2.75, 3.05) is 10.7 Å². The normalized spacial score (nSPS) is 12.6. The largest absolute Gasteiger partial charge is 0.416 e. The number of benzene rings is 3. The fourth-order valence-electron chi connectivity index (χ4n) is 2.50. The highest BCUT2D eigenvalue weighted by atomic mass is 19.4. The van der Waals surface area contributed by atoms with E-state index in [1.54, 1.807) is 30.3 Å². The van der Waals surface area contributed by atoms with Crippen molar-refractivity contribution in [2.24, 2.45) is 15.3 Å². The smallest absolute Gasteiger partial charge is 0.319 e. The molecule has 3 rings (SSSR count). The Labute approximate surface area is 189 Å². The molecule has 12 heteroatoms. The minimum atomic E-state index is -4.52. The van der Waals surface area contributed by atoms with Crippen molar-refractivity contribution >= 4 is 28.8 Å². The van der Waals surface area contributed by atoms with Crippen LogP contribution in [-0.2, 0) is 17.1 Å². The van der Waals surface area contributed by atoms with E-state index in [2.05, 4.69) is 26.1 Å². The molecule has 2 N–H and O–H groups in total. The lowest BCUT2D eigenvalue weighted by Crippen LogP contribution is -2.22. The van der Waals surface area contributed by atoms with Crippen LogP contribution in [0.1, 0.15) is 11.1 Å². The topological polar surface area (TPSA) is 78.2 Å². The van der Waals surface area contributed by atoms with E-state index in [9.17, 15) is 31.1 Å². The molecule has 0 aliphatic carbocycles. The first-order valence-electron chi connectivity index (χ1n) is 9.49. The Morgan fingerprint density at radius 1 is 0.676 bits per heavy atom. The summed E-state index contributed by atoms with van der Waals surface area (Å²) in [6, 6.07) is 15.8. The number of azo groups is 1. The Hall–Kier alpha value is -4.22. The summed E-state index contributed by atoms with van der Waals surface area (Å²) in [5, 5.41) is 13.7. The molecule has 6 nitrogen and oxygen atoms in total. The molecule has 0 unspecified atom stereocenters. The summed E-state index contributed by atoms with van der Waals surface area (Å²) in [6.07, 6.45) is -9.04. The standard InChI is InChI=1S/C22H15F6N5O/c23-21(24,25)14-6-10-17(11-7-14)30-32-19(20(34)29-16-4-2-1-3-5-16)33-31-18-12-8-15(9-13-18)22(26,27)28/h1-13,30H,(H,29,34). The van der Waals surface area contributed by atoms with Crippen LogP contribution in [-0.4, -0.2) is 11.7 Å². The molecule has 0 aliphatic rings. The van der Waals surface area contributed by atoms with Crippen molar-refractivity contribution in [1.82, 2.24) is 0 Å². The lowest BCUT2D eigenvalue weighted by molar-refractivity contribution is -0.138. The minimum Gasteiger partial charge on any atom is -0.319 e. The molecule has 0 atom stereocenters. The second-order valence-corrected chi connectivity index (χ2v) is 6.69. The quantitative estimate of drug-likeness (QED) is 0.141. The number of amides is 1. The van der Waals surface area contributed by atoms with Gasteiger partial charge in [0.05, 0.1) is 22.5 Å². The zero-order chi connectivity index (χ0) is 24.8. The van der Waals surface area contributed by atoms with Crippen LogP contribution >= 0.6 is 0 Å². The van der Waals surface area contributed by atoms with Gasteiger partial charge in [0.15, 0.2) is 0 Å². The molecule has 34 heavy (non-hydrogen) atoms. The number of rotatable bonds is 4. The number of hydrazone groups is 1. The monoisotopic (exact) mass is 479 g/mol. The van der Waals surface area contributed by atoms with E-state index >= 15 is 0 Å². The fourth-order valence-corrected chi connectivity index (χ4v) is 2.50. The number of anilines is 2. The van der Waals surface area contributed by atoms with Crippen molar-refractivity contribution in [3.63, 3.8) is 0 Å². The molecule has 0 aliphatic heterocycles. The van der Waals surface area contributed by atoms with E-state index in [-0.39, 0.29) is 11.4 Å². The number of carbonyl (C=O) groups excluding carboxylic acids is 1. The number of amidine groups is 1. The van der Waals surface area contributed by atoms with Gasteiger partial charge in [-0.15, -0.1) is 15.3 Å². The maximum Gasteiger partial charge on any atom is 0.416 e. The van der Waals surface area contributed by atoms with Crippen LogP contribution in [0.3, 0.4) is 0 Å². The first-order valence-corrected chi connectivity index (χ1v) is 9.49. The molecule has 0 fully saturated rings. The molecule has 0 heterocycles. The predicted molar refractivity (Wildman–Crippen MR) is 114 cm³/mol. The van der Waals surface area contributed by atoms with E-state index in [1.807, 2.05) is 0 Å². The summed E-state index contributed by atoms with van der Waals surface area (Å²) in [7, 11) is 0. The number of carbonyl (C=O) groups is 1. The highest BCUT2D eigenvalue weighted by Crippen LogP contribution is 2.31. The highest BCUT2D eigenvalue weighted by molar-refractivity contribution is 6.42. The first-order chi connectivity index (χ1) is 16.0. The first kappa shape index (κ1) is 24.4. The molecule has 0 saturated heterocycles. The summed E-state index contributed by atoms with van der Waals surface area (Å²) in [6.45, 7) is 0. The van der Waals surface area contributed by atoms with Crippen LogP contribution in [0.4, 0.5) is 43.4 Å². The Morgan fingerprint density at radius 3 is 1.74 bits per heavy atom. The molecule has 1 amide bonds. The summed E-state index contributed by atoms with van der Waals surface area (Å²) in [5.74, 6) is -1.34. The molecule has 0 bridgehead atoms. The van der Waals surface area contributed by atoms with Crippen LogP contribution in [0.2, 0.25) is 0 Å². The Morgan fingerprint density at radius 2 is 1.21 bits per heavy atom. The highest BCUT2D eigenvalue weighted by Gasteiger charge is 2.30. The van der Waals surface area contributed by atoms with Gasteiger partial charge in [0.1, 0.15) is 0 Å². The SMILES string of the molecule is O=C(Nc1ccccc1)C(N=Nc1ccc(C(F)(F)F)cc1)=NNc1ccc(C(F)(F)F)cc1. The molecule has 0 radical (unpaired) electrons. The van der Waals surface area contributed by atoms with Gasteiger partial charge in [-0.05, 0) is 60.7 Å². The van der Waals surface area contributed by atoms with E-state index in [0.29, 0.717) is 5.69 Å². The van der Waals surface area contributed by atoms with E-state index in [4.69, 9.17) is 0 Å². The van der Waals surface area contributed by atoms with Gasteiger partial charge < -0.3 is 5.32 Å². The van der Waals surface area contributed by atoms with Gasteiger partial charge in [-0.1, -0.05) is 18.2 Å². The van der Waals surface area contributed by atoms with Gasteiger partial charge in [-0.3, -0.25) is 10.2 Å². The van der Waals surface area contributed by atoms with Gasteiger partial charge in [0, 0.05) is 5.69 Å². The van der Waals surface area contributed by atoms with E-state index in [1.165, 1.54) is 0 Å². The summed E-state index contributed by atoms with van der Waals surface area (Å²) < 4.78 is 76.2. The maximum atomic E-state index is 12.7. The molecule has 0 saturated carbocycles. The molecular weight excluding hydrogens is 464 g/mol. The van der Waals surface area contributed by atoms with Gasteiger partial charge in [-0.25, -0.2) is 0 Å². The van der Waals surface area contributed by atoms with E-state index < -0.39 is 35.2 Å². The number of para-hydroxylation sites is 1. The average molecular weight is 479 g/mol. The third-order valence-electron chi connectivity index (χ3n) is 4.19. The second-order valence-electron chi connectivity index (χ2n) is 6.69. The molecule has 3 aromatic rings. The third kappa shape index (κ3) is 6.89. The number of nitrogens with one attached hydrogen (secondary N) is 2. The van der Waals surface area contributed by atoms with Gasteiger partial charge in [0.25, 0.3) is 11.7 Å². The summed E-state index contributed by atoms with van der Waals surface area (Å²) in [5.41, 5.74) is 1.21. The van der Waals surface area contributed by atoms with Crippen molar-refractivity contribution < 1.29 is 31.1 Å². The number of halogens is 6. The van der Waals surface area contributed by atoms with Gasteiger partial charge in [0.2, 0.25) is 0 Å². The Balaban J connectivity index is 1.82. The van der Waals surface area contributed by atoms with Crippen LogP contribution < -0.4 is 10.7 Å². The molecule has 176 valence electrons. The lowest BCUT2D eigenvalue weighted by atomic mass is 10.2. The second kappa shape index (κ2) is 10.1. The Kier molecular flexibility index (Phi) is 7.29. The number of alkyl halides is 6. The van der Waals surface area contributed by atoms with Crippen molar-refractivity contribution in [3.8, 4) is 0 Å². The van der Waals surface area contributed by atoms with Crippen molar-refractivity contribution in [2.45, 2.75) is 12.4 Å². The molecule has 0 aromatic heterocycles. The predicted octanol–water partition coefficient (Wildman–Crippen LogP) is 6.87. The lowest BCUT2D eigenvalue weighted by Gasteiger charge is -2.08. The van der Waals surface area contributed by atoms with E-state index in [0.717, 1.165) is 48.5 Å². The van der Waals surface area contributed by atoms with Crippen molar-refractivity contribution in [1.29, 1.82) is 0 Å². The molecule has 0 spiro atoms. The third-order valence-corrected chi connectivity index (χ3v) is 4.19. The fraction of sp³-hybridized carbons (Fsp3) is 0.0909. The maximum absolute atomic E-state index is 12.7. The minimum absolute atomic E-state index is 0.0164. The number of nitrogens with zero attached hydrogens (tertiary/aromatic N) is 3. The van der Waals surface area contributed by atoms with Crippen LogP contribution in [0.15, 0.2) is 94.2 Å². The summed E-state index contributed by atoms with van der Waals surface area (Å²) in [4.78, 5) is 12.6. The molecular formula is C22H15F6N5O. The van der Waals surface area contributed by atoms with Gasteiger partial charge >= 0.3 is 12.4 Å². The summed E-state index contributed by atoms with van der Waals surface area (Å²) >= 11 is 0. The zero-order valence-corrected chi connectivity index (χ0v) is 17.0. The molecule has 3 aromatic carbocycles. The van der Waals surface area contributed by atoms with Crippen molar-refractivity contribution in [3.05, 3.63) is 90.0 Å². The van der Waals surface area contributed by atoms with Crippen LogP contribution in [0, 0.1) is 0 Å². The van der Waals surface area contributed by atoms with Gasteiger partial charge in [-0.2, -0.15) is 26.3 Å². The van der Waals surface area contributed by atoms with Crippen LogP contribution in [0.25, 0.3) is 0 Å². The average Bonchev–Trinajstić information content (AvgIpc) is 2.79. The van der Waals surface area contributed by atoms with Crippen LogP contribution in [0.5, 0.6) is 0 Å².